The Bertz CT molecular complexity index is 1090. The summed E-state index contributed by atoms with van der Waals surface area (Å²) < 4.78 is 5.05. The third-order valence-corrected chi connectivity index (χ3v) is 3.90. The standard InChI is InChI=1S/C17H10Cl2N2O5/c18-9-2-4-14-8(5-9)6-12(17(25)26-14)16(24)21-20-15(23)11-7-10(19)1-3-13(11)22/h1-7,22H,(H,20,23)(H,21,24). The highest BCUT2D eigenvalue weighted by Crippen LogP contribution is 2.21. The predicted molar refractivity (Wildman–Crippen MR) is 95.5 cm³/mol. The van der Waals surface area contributed by atoms with E-state index in [4.69, 9.17) is 27.6 Å². The van der Waals surface area contributed by atoms with Crippen LogP contribution in [0, 0.1) is 0 Å². The van der Waals surface area contributed by atoms with Gasteiger partial charge >= 0.3 is 5.63 Å². The lowest BCUT2D eigenvalue weighted by atomic mass is 10.2. The molecule has 132 valence electrons. The fraction of sp³-hybridized carbons (Fsp3) is 0. The van der Waals surface area contributed by atoms with E-state index in [-0.39, 0.29) is 27.5 Å². The number of benzene rings is 2. The average molecular weight is 393 g/mol. The predicted octanol–water partition coefficient (Wildman–Crippen LogP) is 2.88. The van der Waals surface area contributed by atoms with Gasteiger partial charge in [-0.3, -0.25) is 20.4 Å². The minimum Gasteiger partial charge on any atom is -0.507 e. The average Bonchev–Trinajstić information content (AvgIpc) is 2.61. The molecular formula is C17H10Cl2N2O5. The Kier molecular flexibility index (Phi) is 4.83. The number of fused-ring (bicyclic) bond motifs is 1. The molecule has 0 aliphatic heterocycles. The van der Waals surface area contributed by atoms with E-state index in [1.165, 1.54) is 36.4 Å². The Labute approximate surface area is 156 Å². The van der Waals surface area contributed by atoms with Gasteiger partial charge in [-0.05, 0) is 42.5 Å². The summed E-state index contributed by atoms with van der Waals surface area (Å²) in [6.07, 6.45) is 0. The second kappa shape index (κ2) is 7.07. The van der Waals surface area contributed by atoms with Crippen molar-refractivity contribution in [3.8, 4) is 5.75 Å². The maximum Gasteiger partial charge on any atom is 0.349 e. The van der Waals surface area contributed by atoms with Gasteiger partial charge in [0.25, 0.3) is 11.8 Å². The van der Waals surface area contributed by atoms with Gasteiger partial charge in [0, 0.05) is 15.4 Å². The second-order valence-corrected chi connectivity index (χ2v) is 6.07. The molecule has 26 heavy (non-hydrogen) atoms. The van der Waals surface area contributed by atoms with Gasteiger partial charge in [0.2, 0.25) is 0 Å². The molecule has 9 heteroatoms. The molecule has 0 spiro atoms. The van der Waals surface area contributed by atoms with Crippen molar-refractivity contribution in [1.82, 2.24) is 10.9 Å². The lowest BCUT2D eigenvalue weighted by Gasteiger charge is -2.08. The van der Waals surface area contributed by atoms with Gasteiger partial charge in [-0.15, -0.1) is 0 Å². The molecule has 0 unspecified atom stereocenters. The second-order valence-electron chi connectivity index (χ2n) is 5.20. The number of carbonyl (C=O) groups is 2. The summed E-state index contributed by atoms with van der Waals surface area (Å²) in [5.74, 6) is -2.02. The van der Waals surface area contributed by atoms with Gasteiger partial charge in [0.05, 0.1) is 5.56 Å². The van der Waals surface area contributed by atoms with Crippen LogP contribution in [-0.4, -0.2) is 16.9 Å². The van der Waals surface area contributed by atoms with Crippen LogP contribution in [0.2, 0.25) is 10.0 Å². The van der Waals surface area contributed by atoms with E-state index in [0.29, 0.717) is 10.4 Å². The summed E-state index contributed by atoms with van der Waals surface area (Å²) in [5, 5.41) is 10.7. The number of hydrazine groups is 1. The monoisotopic (exact) mass is 392 g/mol. The van der Waals surface area contributed by atoms with Gasteiger partial charge < -0.3 is 9.52 Å². The molecule has 0 bridgehead atoms. The molecule has 0 aliphatic rings. The molecule has 3 N–H and O–H groups in total. The molecule has 0 atom stereocenters. The molecule has 0 saturated carbocycles. The summed E-state index contributed by atoms with van der Waals surface area (Å²) in [6.45, 7) is 0. The molecule has 3 rings (SSSR count). The number of amides is 2. The first-order chi connectivity index (χ1) is 12.3. The van der Waals surface area contributed by atoms with Crippen molar-refractivity contribution in [1.29, 1.82) is 0 Å². The Morgan fingerprint density at radius 2 is 1.50 bits per heavy atom. The van der Waals surface area contributed by atoms with Crippen molar-refractivity contribution >= 4 is 46.0 Å². The Balaban J connectivity index is 1.81. The number of nitrogens with one attached hydrogen (secondary N) is 2. The first-order valence-electron chi connectivity index (χ1n) is 7.18. The number of hydrogen-bond donors (Lipinski definition) is 3. The number of phenolic OH excluding ortho intramolecular Hbond substituents is 1. The molecular weight excluding hydrogens is 383 g/mol. The summed E-state index contributed by atoms with van der Waals surface area (Å²) >= 11 is 11.6. The fourth-order valence-electron chi connectivity index (χ4n) is 2.19. The van der Waals surface area contributed by atoms with E-state index >= 15 is 0 Å². The quantitative estimate of drug-likeness (QED) is 0.458. The van der Waals surface area contributed by atoms with Gasteiger partial charge in [-0.25, -0.2) is 4.79 Å². The molecule has 7 nitrogen and oxygen atoms in total. The molecule has 3 aromatic rings. The van der Waals surface area contributed by atoms with Crippen LogP contribution in [0.3, 0.4) is 0 Å². The van der Waals surface area contributed by atoms with Crippen LogP contribution in [-0.2, 0) is 0 Å². The third-order valence-electron chi connectivity index (χ3n) is 3.43. The zero-order valence-electron chi connectivity index (χ0n) is 12.9. The van der Waals surface area contributed by atoms with Crippen LogP contribution in [0.5, 0.6) is 5.75 Å². The maximum atomic E-state index is 12.2. The summed E-state index contributed by atoms with van der Waals surface area (Å²) in [4.78, 5) is 36.1. The first-order valence-corrected chi connectivity index (χ1v) is 7.93. The lowest BCUT2D eigenvalue weighted by Crippen LogP contribution is -2.43. The SMILES string of the molecule is O=C(NNC(=O)c1cc2cc(Cl)ccc2oc1=O)c1cc(Cl)ccc1O. The van der Waals surface area contributed by atoms with Gasteiger partial charge in [0.15, 0.2) is 0 Å². The number of phenols is 1. The van der Waals surface area contributed by atoms with Crippen molar-refractivity contribution in [3.05, 3.63) is 74.1 Å². The Morgan fingerprint density at radius 1 is 0.885 bits per heavy atom. The number of rotatable bonds is 2. The first kappa shape index (κ1) is 17.8. The Morgan fingerprint density at radius 3 is 2.23 bits per heavy atom. The van der Waals surface area contributed by atoms with Crippen LogP contribution >= 0.6 is 23.2 Å². The van der Waals surface area contributed by atoms with Gasteiger partial charge in [0.1, 0.15) is 16.9 Å². The molecule has 1 heterocycles. The van der Waals surface area contributed by atoms with Crippen molar-refractivity contribution in [3.63, 3.8) is 0 Å². The topological polar surface area (TPSA) is 109 Å². The van der Waals surface area contributed by atoms with E-state index in [1.807, 2.05) is 0 Å². The molecule has 0 fully saturated rings. The molecule has 1 aromatic heterocycles. The summed E-state index contributed by atoms with van der Waals surface area (Å²) in [6, 6.07) is 9.74. The fourth-order valence-corrected chi connectivity index (χ4v) is 2.54. The smallest absolute Gasteiger partial charge is 0.349 e. The summed E-state index contributed by atoms with van der Waals surface area (Å²) in [7, 11) is 0. The van der Waals surface area contributed by atoms with Crippen molar-refractivity contribution < 1.29 is 19.1 Å². The number of aromatic hydroxyl groups is 1. The third kappa shape index (κ3) is 3.63. The highest BCUT2D eigenvalue weighted by molar-refractivity contribution is 6.31. The van der Waals surface area contributed by atoms with E-state index in [1.54, 1.807) is 6.07 Å². The minimum atomic E-state index is -0.893. The number of carbonyl (C=O) groups excluding carboxylic acids is 2. The van der Waals surface area contributed by atoms with Crippen LogP contribution in [0.4, 0.5) is 0 Å². The molecule has 0 aliphatic carbocycles. The van der Waals surface area contributed by atoms with E-state index < -0.39 is 17.4 Å². The van der Waals surface area contributed by atoms with Crippen LogP contribution < -0.4 is 16.5 Å². The van der Waals surface area contributed by atoms with Crippen molar-refractivity contribution in [2.75, 3.05) is 0 Å². The zero-order chi connectivity index (χ0) is 18.8. The highest BCUT2D eigenvalue weighted by Gasteiger charge is 2.17. The van der Waals surface area contributed by atoms with Crippen LogP contribution in [0.15, 0.2) is 51.7 Å². The van der Waals surface area contributed by atoms with E-state index in [2.05, 4.69) is 10.9 Å². The van der Waals surface area contributed by atoms with Crippen LogP contribution in [0.1, 0.15) is 20.7 Å². The van der Waals surface area contributed by atoms with Crippen molar-refractivity contribution in [2.45, 2.75) is 0 Å². The number of halogens is 2. The van der Waals surface area contributed by atoms with Gasteiger partial charge in [-0.2, -0.15) is 0 Å². The van der Waals surface area contributed by atoms with Crippen molar-refractivity contribution in [2.24, 2.45) is 0 Å². The van der Waals surface area contributed by atoms with E-state index in [9.17, 15) is 19.5 Å². The maximum absolute atomic E-state index is 12.2. The van der Waals surface area contributed by atoms with Crippen LogP contribution in [0.25, 0.3) is 11.0 Å². The largest absolute Gasteiger partial charge is 0.507 e. The normalized spacial score (nSPS) is 10.5. The number of hydrogen-bond acceptors (Lipinski definition) is 5. The molecule has 2 amide bonds. The summed E-state index contributed by atoms with van der Waals surface area (Å²) in [5.41, 5.74) is 3.09. The lowest BCUT2D eigenvalue weighted by molar-refractivity contribution is 0.0843. The molecule has 2 aromatic carbocycles. The molecule has 0 saturated heterocycles. The highest BCUT2D eigenvalue weighted by atomic mass is 35.5. The van der Waals surface area contributed by atoms with Gasteiger partial charge in [-0.1, -0.05) is 23.2 Å². The zero-order valence-corrected chi connectivity index (χ0v) is 14.4. The van der Waals surface area contributed by atoms with E-state index in [0.717, 1.165) is 0 Å². The Hall–Kier alpha value is -3.03. The molecule has 0 radical (unpaired) electrons. The minimum absolute atomic E-state index is 0.143.